The van der Waals surface area contributed by atoms with E-state index in [0.717, 1.165) is 29.0 Å². The molecule has 2 N–H and O–H groups in total. The Morgan fingerprint density at radius 2 is 1.81 bits per heavy atom. The zero-order valence-electron chi connectivity index (χ0n) is 15.9. The first-order chi connectivity index (χ1) is 13.0. The Bertz CT molecular complexity index is 924. The topological polar surface area (TPSA) is 70.1 Å². The van der Waals surface area contributed by atoms with Crippen molar-refractivity contribution in [1.82, 2.24) is 15.6 Å². The first-order valence-corrected chi connectivity index (χ1v) is 9.07. The fraction of sp³-hybridized carbons (Fsp3) is 0.227. The summed E-state index contributed by atoms with van der Waals surface area (Å²) in [4.78, 5) is 12.3. The van der Waals surface area contributed by atoms with E-state index in [1.54, 1.807) is 6.07 Å². The third-order valence-electron chi connectivity index (χ3n) is 4.23. The number of carbonyl (C=O) groups excluding carboxylic acids is 1. The van der Waals surface area contributed by atoms with Crippen molar-refractivity contribution in [1.29, 1.82) is 0 Å². The number of H-pyrrole nitrogens is 1. The van der Waals surface area contributed by atoms with Crippen LogP contribution in [0.5, 0.6) is 0 Å². The number of hydrazone groups is 1. The number of aromatic nitrogens is 2. The summed E-state index contributed by atoms with van der Waals surface area (Å²) in [5.74, 6) is 0.303. The van der Waals surface area contributed by atoms with Crippen molar-refractivity contribution in [2.45, 2.75) is 27.2 Å². The monoisotopic (exact) mass is 360 g/mol. The zero-order chi connectivity index (χ0) is 19.2. The standard InChI is InChI=1S/C22H24N4O/c1-15(2)13-17-9-11-19(12-10-17)20-14-21(25-24-20)22(27)26-23-16(3)18-7-5-4-6-8-18/h4-12,14-15H,13H2,1-3H3,(H,24,25)(H,26,27)/b23-16+. The molecular formula is C22H24N4O. The molecule has 0 saturated heterocycles. The van der Waals surface area contributed by atoms with E-state index in [0.29, 0.717) is 11.6 Å². The highest BCUT2D eigenvalue weighted by molar-refractivity contribution is 6.00. The van der Waals surface area contributed by atoms with E-state index >= 15 is 0 Å². The fourth-order valence-electron chi connectivity index (χ4n) is 2.81. The van der Waals surface area contributed by atoms with Crippen LogP contribution in [0.4, 0.5) is 0 Å². The number of nitrogens with zero attached hydrogens (tertiary/aromatic N) is 2. The maximum Gasteiger partial charge on any atom is 0.289 e. The maximum atomic E-state index is 12.3. The van der Waals surface area contributed by atoms with Crippen LogP contribution in [0.2, 0.25) is 0 Å². The lowest BCUT2D eigenvalue weighted by molar-refractivity contribution is 0.0950. The molecule has 0 radical (unpaired) electrons. The van der Waals surface area contributed by atoms with Gasteiger partial charge in [0, 0.05) is 5.56 Å². The lowest BCUT2D eigenvalue weighted by Crippen LogP contribution is -2.19. The third-order valence-corrected chi connectivity index (χ3v) is 4.23. The summed E-state index contributed by atoms with van der Waals surface area (Å²) < 4.78 is 0. The van der Waals surface area contributed by atoms with E-state index in [-0.39, 0.29) is 5.91 Å². The summed E-state index contributed by atoms with van der Waals surface area (Å²) in [6, 6.07) is 19.7. The smallest absolute Gasteiger partial charge is 0.272 e. The number of benzene rings is 2. The molecule has 5 nitrogen and oxygen atoms in total. The zero-order valence-corrected chi connectivity index (χ0v) is 15.9. The van der Waals surface area contributed by atoms with Crippen LogP contribution in [0, 0.1) is 5.92 Å². The van der Waals surface area contributed by atoms with Crippen LogP contribution in [0.25, 0.3) is 11.3 Å². The summed E-state index contributed by atoms with van der Waals surface area (Å²) >= 11 is 0. The molecule has 1 heterocycles. The first-order valence-electron chi connectivity index (χ1n) is 9.07. The Labute approximate surface area is 159 Å². The van der Waals surface area contributed by atoms with E-state index in [2.05, 4.69) is 46.7 Å². The lowest BCUT2D eigenvalue weighted by Gasteiger charge is -2.05. The van der Waals surface area contributed by atoms with Gasteiger partial charge in [0.05, 0.1) is 11.4 Å². The second-order valence-corrected chi connectivity index (χ2v) is 6.97. The van der Waals surface area contributed by atoms with Gasteiger partial charge in [-0.15, -0.1) is 0 Å². The predicted octanol–water partition coefficient (Wildman–Crippen LogP) is 4.43. The summed E-state index contributed by atoms with van der Waals surface area (Å²) in [7, 11) is 0. The number of amides is 1. The molecule has 3 rings (SSSR count). The maximum absolute atomic E-state index is 12.3. The molecule has 0 aliphatic heterocycles. The van der Waals surface area contributed by atoms with Gasteiger partial charge in [-0.3, -0.25) is 9.89 Å². The largest absolute Gasteiger partial charge is 0.289 e. The minimum atomic E-state index is -0.319. The Balaban J connectivity index is 1.67. The van der Waals surface area contributed by atoms with Crippen molar-refractivity contribution in [3.63, 3.8) is 0 Å². The van der Waals surface area contributed by atoms with Gasteiger partial charge in [0.2, 0.25) is 0 Å². The normalized spacial score (nSPS) is 11.6. The van der Waals surface area contributed by atoms with Crippen LogP contribution in [-0.4, -0.2) is 21.8 Å². The van der Waals surface area contributed by atoms with E-state index in [1.807, 2.05) is 49.4 Å². The highest BCUT2D eigenvalue weighted by atomic mass is 16.2. The Hall–Kier alpha value is -3.21. The Kier molecular flexibility index (Phi) is 5.81. The molecule has 0 aliphatic rings. The average Bonchev–Trinajstić information content (AvgIpc) is 3.17. The van der Waals surface area contributed by atoms with Crippen LogP contribution in [0.3, 0.4) is 0 Å². The molecule has 0 spiro atoms. The quantitative estimate of drug-likeness (QED) is 0.504. The van der Waals surface area contributed by atoms with Crippen molar-refractivity contribution in [3.8, 4) is 11.3 Å². The molecular weight excluding hydrogens is 336 g/mol. The molecule has 138 valence electrons. The molecule has 2 aromatic carbocycles. The van der Waals surface area contributed by atoms with Crippen molar-refractivity contribution in [3.05, 3.63) is 77.5 Å². The van der Waals surface area contributed by atoms with E-state index < -0.39 is 0 Å². The molecule has 27 heavy (non-hydrogen) atoms. The Morgan fingerprint density at radius 1 is 1.11 bits per heavy atom. The van der Waals surface area contributed by atoms with Gasteiger partial charge in [0.1, 0.15) is 5.69 Å². The van der Waals surface area contributed by atoms with E-state index in [9.17, 15) is 4.79 Å². The highest BCUT2D eigenvalue weighted by Crippen LogP contribution is 2.19. The molecule has 0 unspecified atom stereocenters. The number of nitrogens with one attached hydrogen (secondary N) is 2. The molecule has 0 fully saturated rings. The van der Waals surface area contributed by atoms with Crippen molar-refractivity contribution in [2.24, 2.45) is 11.0 Å². The summed E-state index contributed by atoms with van der Waals surface area (Å²) in [6.45, 7) is 6.26. The number of rotatable bonds is 6. The summed E-state index contributed by atoms with van der Waals surface area (Å²) in [5.41, 5.74) is 7.66. The summed E-state index contributed by atoms with van der Waals surface area (Å²) in [6.07, 6.45) is 1.05. The van der Waals surface area contributed by atoms with Crippen LogP contribution >= 0.6 is 0 Å². The third kappa shape index (κ3) is 4.91. The van der Waals surface area contributed by atoms with Crippen LogP contribution in [-0.2, 0) is 6.42 Å². The van der Waals surface area contributed by atoms with Crippen LogP contribution in [0.1, 0.15) is 42.4 Å². The molecule has 0 atom stereocenters. The number of aromatic amines is 1. The van der Waals surface area contributed by atoms with Gasteiger partial charge in [0.15, 0.2) is 0 Å². The molecule has 3 aromatic rings. The van der Waals surface area contributed by atoms with Gasteiger partial charge < -0.3 is 0 Å². The van der Waals surface area contributed by atoms with Crippen molar-refractivity contribution >= 4 is 11.6 Å². The lowest BCUT2D eigenvalue weighted by atomic mass is 10.0. The molecule has 0 aliphatic carbocycles. The van der Waals surface area contributed by atoms with Gasteiger partial charge in [-0.25, -0.2) is 5.43 Å². The number of hydrogen-bond donors (Lipinski definition) is 2. The van der Waals surface area contributed by atoms with Gasteiger partial charge in [0.25, 0.3) is 5.91 Å². The van der Waals surface area contributed by atoms with Crippen molar-refractivity contribution < 1.29 is 4.79 Å². The second-order valence-electron chi connectivity index (χ2n) is 6.97. The van der Waals surface area contributed by atoms with Crippen molar-refractivity contribution in [2.75, 3.05) is 0 Å². The number of carbonyl (C=O) groups is 1. The first kappa shape index (κ1) is 18.6. The van der Waals surface area contributed by atoms with Crippen LogP contribution in [0.15, 0.2) is 65.8 Å². The Morgan fingerprint density at radius 3 is 2.48 bits per heavy atom. The van der Waals surface area contributed by atoms with Crippen LogP contribution < -0.4 is 5.43 Å². The van der Waals surface area contributed by atoms with Gasteiger partial charge >= 0.3 is 0 Å². The minimum Gasteiger partial charge on any atom is -0.272 e. The minimum absolute atomic E-state index is 0.319. The fourth-order valence-corrected chi connectivity index (χ4v) is 2.81. The predicted molar refractivity (Wildman–Crippen MR) is 109 cm³/mol. The molecule has 0 bridgehead atoms. The summed E-state index contributed by atoms with van der Waals surface area (Å²) in [5, 5.41) is 11.2. The molecule has 0 saturated carbocycles. The highest BCUT2D eigenvalue weighted by Gasteiger charge is 2.11. The second kappa shape index (κ2) is 8.45. The SMILES string of the molecule is C/C(=N\NC(=O)c1cc(-c2ccc(CC(C)C)cc2)n[nH]1)c1ccccc1. The molecule has 1 amide bonds. The average molecular weight is 360 g/mol. The molecule has 1 aromatic heterocycles. The van der Waals surface area contributed by atoms with E-state index in [4.69, 9.17) is 0 Å². The van der Waals surface area contributed by atoms with Gasteiger partial charge in [-0.05, 0) is 36.5 Å². The van der Waals surface area contributed by atoms with Gasteiger partial charge in [-0.2, -0.15) is 10.2 Å². The van der Waals surface area contributed by atoms with E-state index in [1.165, 1.54) is 5.56 Å². The number of hydrogen-bond acceptors (Lipinski definition) is 3. The van der Waals surface area contributed by atoms with Gasteiger partial charge in [-0.1, -0.05) is 68.4 Å². The molecule has 5 heteroatoms.